The maximum absolute atomic E-state index is 10.1. The number of hydrogen-bond acceptors (Lipinski definition) is 0. The molecule has 0 radical (unpaired) electrons. The van der Waals surface area contributed by atoms with E-state index in [0.717, 1.165) is 0 Å². The fourth-order valence-corrected chi connectivity index (χ4v) is 5.16. The van der Waals surface area contributed by atoms with Crippen molar-refractivity contribution in [1.82, 2.24) is 0 Å². The fourth-order valence-electron chi connectivity index (χ4n) is 5.16. The van der Waals surface area contributed by atoms with E-state index in [1.165, 1.54) is 0 Å². The van der Waals surface area contributed by atoms with Crippen molar-refractivity contribution in [3.63, 3.8) is 0 Å². The van der Waals surface area contributed by atoms with Crippen molar-refractivity contribution in [3.05, 3.63) is 169 Å². The molecule has 0 saturated heterocycles. The molecule has 0 fully saturated rings. The molecule has 0 saturated carbocycles. The first-order valence-electron chi connectivity index (χ1n) is 27.0. The molecule has 0 heterocycles. The van der Waals surface area contributed by atoms with Gasteiger partial charge in [0.1, 0.15) is 0 Å². The summed E-state index contributed by atoms with van der Waals surface area (Å²) in [7, 11) is 0. The predicted octanol–water partition coefficient (Wildman–Crippen LogP) is 12.5. The summed E-state index contributed by atoms with van der Waals surface area (Å²) in [5.41, 5.74) is -5.04. The second-order valence-electron chi connectivity index (χ2n) is 9.50. The van der Waals surface area contributed by atoms with Crippen molar-refractivity contribution in [2.45, 2.75) is 0 Å². The van der Waals surface area contributed by atoms with Gasteiger partial charge in [0.2, 0.25) is 0 Å². The van der Waals surface area contributed by atoms with Crippen LogP contribution >= 0.6 is 0 Å². The zero-order valence-electron chi connectivity index (χ0n) is 50.0. The van der Waals surface area contributed by atoms with E-state index in [2.05, 4.69) is 0 Å². The van der Waals surface area contributed by atoms with Gasteiger partial charge in [-0.15, -0.1) is 0 Å². The lowest BCUT2D eigenvalue weighted by Gasteiger charge is -2.19. The van der Waals surface area contributed by atoms with Crippen LogP contribution in [0.3, 0.4) is 0 Å². The maximum atomic E-state index is 10.1. The lowest BCUT2D eigenvalue weighted by Crippen LogP contribution is -1.92. The van der Waals surface area contributed by atoms with Gasteiger partial charge >= 0.3 is 0 Å². The molecule has 0 atom stereocenters. The van der Waals surface area contributed by atoms with Crippen LogP contribution in [0.5, 0.6) is 0 Å². The first-order chi connectivity index (χ1) is 33.5. The quantitative estimate of drug-likeness (QED) is 0.143. The van der Waals surface area contributed by atoms with Crippen molar-refractivity contribution in [1.29, 1.82) is 0 Å². The van der Waals surface area contributed by atoms with Gasteiger partial charge in [0, 0.05) is 0 Å². The molecule has 44 heavy (non-hydrogen) atoms. The van der Waals surface area contributed by atoms with Crippen molar-refractivity contribution in [2.75, 3.05) is 0 Å². The number of benzene rings is 9. The van der Waals surface area contributed by atoms with Gasteiger partial charge in [-0.1, -0.05) is 151 Å². The molecule has 0 spiro atoms. The van der Waals surface area contributed by atoms with Gasteiger partial charge in [-0.2, -0.15) is 0 Å². The van der Waals surface area contributed by atoms with Gasteiger partial charge in [0.05, 0.1) is 38.4 Å². The van der Waals surface area contributed by atoms with Gasteiger partial charge in [-0.25, -0.2) is 0 Å². The summed E-state index contributed by atoms with van der Waals surface area (Å²) >= 11 is 0. The Morgan fingerprint density at radius 3 is 1.55 bits per heavy atom. The molecular formula is C44H28. The summed E-state index contributed by atoms with van der Waals surface area (Å²) < 4.78 is 252. The summed E-state index contributed by atoms with van der Waals surface area (Å²) in [4.78, 5) is 0. The summed E-state index contributed by atoms with van der Waals surface area (Å²) in [6.45, 7) is 0. The average molecular weight is 585 g/mol. The normalized spacial score (nSPS) is 20.5. The SMILES string of the molecule is [2H]c1c([2H])c([2H])c(-c2c3c([2H])c([2H])c([2H])c([2H])c3c(-c3c([2H])c([2H])c4c(c3[2H])c([2H])c([2H])c3c([2H])c([2H])c([2H])c([2H])c34)c3c([2H])c(-c4c([2H])c([2H])c5c([2H])c([2H])c([2H])c([2H])c5c4[2H])c([2H])c([2H])c23)c([2H])c1[2H]. The van der Waals surface area contributed by atoms with Crippen LogP contribution in [0.2, 0.25) is 0 Å². The van der Waals surface area contributed by atoms with Crippen LogP contribution in [-0.2, 0) is 0 Å². The summed E-state index contributed by atoms with van der Waals surface area (Å²) in [6.07, 6.45) is 0. The molecule has 204 valence electrons. The van der Waals surface area contributed by atoms with E-state index in [1.807, 2.05) is 0 Å². The maximum Gasteiger partial charge on any atom is 0.0636 e. The third-order valence-corrected chi connectivity index (χ3v) is 7.06. The Hall–Kier alpha value is -5.72. The molecule has 0 heteroatoms. The van der Waals surface area contributed by atoms with Crippen LogP contribution in [0.15, 0.2) is 169 Å². The lowest BCUT2D eigenvalue weighted by molar-refractivity contribution is 1.65. The first kappa shape index (κ1) is 9.64. The minimum atomic E-state index is -1.10. The van der Waals surface area contributed by atoms with Crippen LogP contribution in [-0.4, -0.2) is 0 Å². The summed E-state index contributed by atoms with van der Waals surface area (Å²) in [5, 5.41) is -6.82. The highest BCUT2D eigenvalue weighted by molar-refractivity contribution is 6.22. The minimum absolute atomic E-state index is 0.536. The van der Waals surface area contributed by atoms with Gasteiger partial charge in [-0.3, -0.25) is 0 Å². The third kappa shape index (κ3) is 3.92. The fraction of sp³-hybridized carbons (Fsp3) is 0. The Labute approximate surface area is 295 Å². The Kier molecular flexibility index (Phi) is 2.18. The number of fused-ring (bicyclic) bond motifs is 6. The van der Waals surface area contributed by atoms with E-state index in [0.29, 0.717) is 0 Å². The van der Waals surface area contributed by atoms with Crippen LogP contribution in [0.4, 0.5) is 0 Å². The van der Waals surface area contributed by atoms with Crippen molar-refractivity contribution >= 4 is 53.9 Å². The molecule has 9 aromatic rings. The predicted molar refractivity (Wildman–Crippen MR) is 190 cm³/mol. The molecule has 0 aliphatic carbocycles. The van der Waals surface area contributed by atoms with E-state index in [9.17, 15) is 12.3 Å². The van der Waals surface area contributed by atoms with Crippen molar-refractivity contribution in [3.8, 4) is 33.4 Å². The van der Waals surface area contributed by atoms with Gasteiger partial charge in [-0.05, 0) is 105 Å². The first-order valence-corrected chi connectivity index (χ1v) is 13.0. The van der Waals surface area contributed by atoms with E-state index < -0.39 is 256 Å². The molecule has 0 amide bonds. The third-order valence-electron chi connectivity index (χ3n) is 7.06. The Bertz CT molecular complexity index is 4090. The minimum Gasteiger partial charge on any atom is -0.0622 e. The largest absolute Gasteiger partial charge is 0.0636 e. The highest BCUT2D eigenvalue weighted by Crippen LogP contribution is 2.45. The monoisotopic (exact) mass is 584 g/mol. The van der Waals surface area contributed by atoms with Crippen molar-refractivity contribution in [2.24, 2.45) is 0 Å². The van der Waals surface area contributed by atoms with Gasteiger partial charge in [0.15, 0.2) is 0 Å². The van der Waals surface area contributed by atoms with E-state index in [1.54, 1.807) is 0 Å². The summed E-state index contributed by atoms with van der Waals surface area (Å²) in [6, 6.07) is -26.6. The molecule has 0 bridgehead atoms. The van der Waals surface area contributed by atoms with Crippen molar-refractivity contribution < 1.29 is 38.4 Å². The van der Waals surface area contributed by atoms with E-state index in [-0.39, 0.29) is 0 Å². The van der Waals surface area contributed by atoms with Gasteiger partial charge < -0.3 is 0 Å². The number of rotatable bonds is 3. The Balaban J connectivity index is 1.68. The smallest absolute Gasteiger partial charge is 0.0622 e. The molecule has 0 aliphatic rings. The highest BCUT2D eigenvalue weighted by atomic mass is 14.2. The van der Waals surface area contributed by atoms with E-state index >= 15 is 0 Å². The highest BCUT2D eigenvalue weighted by Gasteiger charge is 2.18. The van der Waals surface area contributed by atoms with Gasteiger partial charge in [0.25, 0.3) is 0 Å². The Morgan fingerprint density at radius 1 is 0.250 bits per heavy atom. The standard InChI is InChI=1S/C44H28/c1-2-12-31(13-3-1)43-39-16-8-9-17-40(39)44(36-23-24-38-35(27-36)21-19-30-11-6-7-15-37(30)38)42-28-34(22-25-41(42)43)33-20-18-29-10-4-5-14-32(29)26-33/h1-28H/i1D,2D,3D,4D,5D,6D,7D,8D,9D,10D,11D,12D,13D,14D,15D,16D,17D,18D,19D,20D,21D,22D,23D,24D,25D,26D,27D,28D. The van der Waals surface area contributed by atoms with Crippen LogP contribution in [0.1, 0.15) is 38.4 Å². The topological polar surface area (TPSA) is 0 Å². The second kappa shape index (κ2) is 9.93. The zero-order chi connectivity index (χ0) is 53.4. The number of hydrogen-bond donors (Lipinski definition) is 0. The second-order valence-corrected chi connectivity index (χ2v) is 9.50. The van der Waals surface area contributed by atoms with Crippen LogP contribution < -0.4 is 0 Å². The molecular weight excluding hydrogens is 528 g/mol. The molecule has 9 rings (SSSR count). The molecule has 0 nitrogen and oxygen atoms in total. The molecule has 0 aromatic heterocycles. The van der Waals surface area contributed by atoms with Crippen LogP contribution in [0, 0.1) is 0 Å². The molecule has 0 aliphatic heterocycles. The van der Waals surface area contributed by atoms with Crippen LogP contribution in [0.25, 0.3) is 87.2 Å². The molecule has 9 aromatic carbocycles. The Morgan fingerprint density at radius 2 is 0.727 bits per heavy atom. The zero-order valence-corrected chi connectivity index (χ0v) is 22.0. The van der Waals surface area contributed by atoms with E-state index in [4.69, 9.17) is 26.0 Å². The average Bonchev–Trinajstić information content (AvgIpc) is 3.34. The lowest BCUT2D eigenvalue weighted by atomic mass is 9.84. The molecule has 0 N–H and O–H groups in total. The summed E-state index contributed by atoms with van der Waals surface area (Å²) in [5.74, 6) is 0. The molecule has 0 unspecified atom stereocenters.